The van der Waals surface area contributed by atoms with Crippen molar-refractivity contribution in [2.24, 2.45) is 0 Å². The van der Waals surface area contributed by atoms with Crippen molar-refractivity contribution in [1.29, 1.82) is 0 Å². The van der Waals surface area contributed by atoms with Gasteiger partial charge < -0.3 is 9.47 Å². The maximum atomic E-state index is 12.8. The molecule has 0 saturated carbocycles. The van der Waals surface area contributed by atoms with Crippen LogP contribution in [0, 0.1) is 0 Å². The summed E-state index contributed by atoms with van der Waals surface area (Å²) in [6.45, 7) is 2.89. The highest BCUT2D eigenvalue weighted by atomic mass is 16.6. The molecule has 0 N–H and O–H groups in total. The Morgan fingerprint density at radius 2 is 1.59 bits per heavy atom. The fourth-order valence-electron chi connectivity index (χ4n) is 5.41. The molecule has 39 heavy (non-hydrogen) atoms. The number of aromatic nitrogens is 2. The van der Waals surface area contributed by atoms with E-state index >= 15 is 0 Å². The summed E-state index contributed by atoms with van der Waals surface area (Å²) in [4.78, 5) is 28.6. The molecule has 8 heteroatoms. The van der Waals surface area contributed by atoms with Crippen LogP contribution in [0.1, 0.15) is 28.8 Å². The van der Waals surface area contributed by atoms with Crippen molar-refractivity contribution in [2.45, 2.75) is 25.0 Å². The molecule has 0 unspecified atom stereocenters. The lowest BCUT2D eigenvalue weighted by atomic mass is 9.91. The largest absolute Gasteiger partial charge is 0.465 e. The number of piperidine rings is 1. The third kappa shape index (κ3) is 5.03. The van der Waals surface area contributed by atoms with E-state index in [1.807, 2.05) is 41.1 Å². The number of esters is 1. The van der Waals surface area contributed by atoms with Crippen LogP contribution in [-0.2, 0) is 16.0 Å². The van der Waals surface area contributed by atoms with E-state index < -0.39 is 11.6 Å². The lowest BCUT2D eigenvalue weighted by Gasteiger charge is -2.37. The molecule has 2 saturated heterocycles. The van der Waals surface area contributed by atoms with Gasteiger partial charge in [-0.25, -0.2) is 14.3 Å². The van der Waals surface area contributed by atoms with E-state index in [1.165, 1.54) is 7.11 Å². The summed E-state index contributed by atoms with van der Waals surface area (Å²) in [6.07, 6.45) is 3.29. The second kappa shape index (κ2) is 10.4. The summed E-state index contributed by atoms with van der Waals surface area (Å²) in [7, 11) is 1.35. The Bertz CT molecular complexity index is 1460. The molecule has 1 aromatic heterocycles. The van der Waals surface area contributed by atoms with E-state index in [0.717, 1.165) is 55.0 Å². The standard InChI is InChI=1S/C31H30N4O4/c1-38-29(36)24-12-14-26(15-13-24)34-22-31(39-30(34)37)16-18-33(19-17-31)20-25-21-35(27-10-6-3-7-11-27)32-28(25)23-8-4-2-5-9-23/h2-15,21H,16-20,22H2,1H3. The second-order valence-corrected chi connectivity index (χ2v) is 10.1. The van der Waals surface area contributed by atoms with Crippen LogP contribution < -0.4 is 4.90 Å². The average molecular weight is 523 g/mol. The maximum Gasteiger partial charge on any atom is 0.415 e. The van der Waals surface area contributed by atoms with E-state index in [1.54, 1.807) is 29.2 Å². The number of methoxy groups -OCH3 is 1. The van der Waals surface area contributed by atoms with Gasteiger partial charge in [0, 0.05) is 55.5 Å². The third-order valence-electron chi connectivity index (χ3n) is 7.59. The Hall–Kier alpha value is -4.43. The van der Waals surface area contributed by atoms with Gasteiger partial charge in [0.05, 0.1) is 30.6 Å². The summed E-state index contributed by atoms with van der Waals surface area (Å²) in [5.41, 5.74) is 4.91. The fraction of sp³-hybridized carbons (Fsp3) is 0.258. The van der Waals surface area contributed by atoms with Crippen LogP contribution in [0.5, 0.6) is 0 Å². The van der Waals surface area contributed by atoms with Crippen molar-refractivity contribution >= 4 is 17.7 Å². The van der Waals surface area contributed by atoms with Crippen LogP contribution in [0.25, 0.3) is 16.9 Å². The van der Waals surface area contributed by atoms with Gasteiger partial charge in [-0.15, -0.1) is 0 Å². The van der Waals surface area contributed by atoms with Crippen molar-refractivity contribution in [3.8, 4) is 16.9 Å². The van der Waals surface area contributed by atoms with Gasteiger partial charge in [0.15, 0.2) is 0 Å². The predicted molar refractivity (Wildman–Crippen MR) is 148 cm³/mol. The van der Waals surface area contributed by atoms with Gasteiger partial charge in [0.2, 0.25) is 0 Å². The first-order chi connectivity index (χ1) is 19.0. The molecule has 1 amide bonds. The van der Waals surface area contributed by atoms with Crippen LogP contribution in [-0.4, -0.2) is 59.1 Å². The first-order valence-corrected chi connectivity index (χ1v) is 13.1. The van der Waals surface area contributed by atoms with Crippen LogP contribution >= 0.6 is 0 Å². The molecule has 3 heterocycles. The summed E-state index contributed by atoms with van der Waals surface area (Å²) >= 11 is 0. The van der Waals surface area contributed by atoms with Crippen molar-refractivity contribution in [1.82, 2.24) is 14.7 Å². The topological polar surface area (TPSA) is 76.9 Å². The van der Waals surface area contributed by atoms with Gasteiger partial charge in [-0.2, -0.15) is 5.10 Å². The minimum absolute atomic E-state index is 0.343. The van der Waals surface area contributed by atoms with E-state index in [0.29, 0.717) is 17.8 Å². The Kier molecular flexibility index (Phi) is 6.62. The zero-order valence-electron chi connectivity index (χ0n) is 21.8. The highest BCUT2D eigenvalue weighted by Crippen LogP contribution is 2.36. The number of carbonyl (C=O) groups is 2. The normalized spacial score (nSPS) is 16.8. The zero-order chi connectivity index (χ0) is 26.8. The third-order valence-corrected chi connectivity index (χ3v) is 7.59. The van der Waals surface area contributed by atoms with E-state index in [9.17, 15) is 9.59 Å². The number of hydrogen-bond donors (Lipinski definition) is 0. The molecule has 2 fully saturated rings. The van der Waals surface area contributed by atoms with Crippen LogP contribution in [0.2, 0.25) is 0 Å². The van der Waals surface area contributed by atoms with Crippen molar-refractivity contribution in [3.05, 3.63) is 102 Å². The van der Waals surface area contributed by atoms with E-state index in [-0.39, 0.29) is 6.09 Å². The van der Waals surface area contributed by atoms with Crippen LogP contribution in [0.15, 0.2) is 91.1 Å². The molecule has 0 bridgehead atoms. The molecule has 0 aliphatic carbocycles. The number of rotatable bonds is 6. The van der Waals surface area contributed by atoms with Gasteiger partial charge >= 0.3 is 12.1 Å². The molecule has 0 atom stereocenters. The van der Waals surface area contributed by atoms with E-state index in [4.69, 9.17) is 14.6 Å². The molecule has 6 rings (SSSR count). The number of para-hydroxylation sites is 1. The summed E-state index contributed by atoms with van der Waals surface area (Å²) in [6, 6.07) is 27.3. The Labute approximate surface area is 227 Å². The minimum Gasteiger partial charge on any atom is -0.465 e. The molecule has 198 valence electrons. The Morgan fingerprint density at radius 3 is 2.26 bits per heavy atom. The molecule has 1 spiro atoms. The number of amides is 1. The quantitative estimate of drug-likeness (QED) is 0.319. The van der Waals surface area contributed by atoms with Crippen molar-refractivity contribution in [3.63, 3.8) is 0 Å². The lowest BCUT2D eigenvalue weighted by molar-refractivity contribution is -0.000943. The molecule has 8 nitrogen and oxygen atoms in total. The smallest absolute Gasteiger partial charge is 0.415 e. The highest BCUT2D eigenvalue weighted by molar-refractivity contribution is 5.93. The number of carbonyl (C=O) groups excluding carboxylic acids is 2. The molecular weight excluding hydrogens is 492 g/mol. The number of anilines is 1. The van der Waals surface area contributed by atoms with Crippen molar-refractivity contribution in [2.75, 3.05) is 31.6 Å². The fourth-order valence-corrected chi connectivity index (χ4v) is 5.41. The van der Waals surface area contributed by atoms with Crippen molar-refractivity contribution < 1.29 is 19.1 Å². The highest BCUT2D eigenvalue weighted by Gasteiger charge is 2.47. The van der Waals surface area contributed by atoms with Gasteiger partial charge in [-0.1, -0.05) is 48.5 Å². The number of benzene rings is 3. The molecule has 0 radical (unpaired) electrons. The summed E-state index contributed by atoms with van der Waals surface area (Å²) in [5.74, 6) is -0.404. The number of ether oxygens (including phenoxy) is 2. The van der Waals surface area contributed by atoms with Gasteiger partial charge in [-0.05, 0) is 36.4 Å². The minimum atomic E-state index is -0.509. The lowest BCUT2D eigenvalue weighted by Crippen LogP contribution is -2.46. The molecule has 3 aromatic carbocycles. The first kappa shape index (κ1) is 24.9. The van der Waals surface area contributed by atoms with Crippen LogP contribution in [0.4, 0.5) is 10.5 Å². The number of likely N-dealkylation sites (tertiary alicyclic amines) is 1. The Morgan fingerprint density at radius 1 is 0.923 bits per heavy atom. The monoisotopic (exact) mass is 522 g/mol. The van der Waals surface area contributed by atoms with E-state index in [2.05, 4.69) is 35.4 Å². The van der Waals surface area contributed by atoms with Gasteiger partial charge in [0.25, 0.3) is 0 Å². The summed E-state index contributed by atoms with van der Waals surface area (Å²) in [5, 5.41) is 4.95. The molecular formula is C31H30N4O4. The molecule has 2 aliphatic heterocycles. The number of nitrogens with zero attached hydrogens (tertiary/aromatic N) is 4. The number of hydrogen-bond acceptors (Lipinski definition) is 6. The van der Waals surface area contributed by atoms with Crippen LogP contribution in [0.3, 0.4) is 0 Å². The maximum absolute atomic E-state index is 12.8. The SMILES string of the molecule is COC(=O)c1ccc(N2CC3(CCN(Cc4cn(-c5ccccc5)nc4-c4ccccc4)CC3)OC2=O)cc1. The zero-order valence-corrected chi connectivity index (χ0v) is 21.8. The van der Waals surface area contributed by atoms with Gasteiger partial charge in [0.1, 0.15) is 5.60 Å². The second-order valence-electron chi connectivity index (χ2n) is 10.1. The molecule has 4 aromatic rings. The average Bonchev–Trinajstić information content (AvgIpc) is 3.55. The Balaban J connectivity index is 1.15. The molecule has 2 aliphatic rings. The first-order valence-electron chi connectivity index (χ1n) is 13.1. The summed E-state index contributed by atoms with van der Waals surface area (Å²) < 4.78 is 12.7. The van der Waals surface area contributed by atoms with Gasteiger partial charge in [-0.3, -0.25) is 9.80 Å². The predicted octanol–water partition coefficient (Wildman–Crippen LogP) is 5.32.